The smallest absolute Gasteiger partial charge is 0.276 e. The first-order valence-corrected chi connectivity index (χ1v) is 9.35. The van der Waals surface area contributed by atoms with Crippen LogP contribution in [-0.2, 0) is 4.79 Å². The van der Waals surface area contributed by atoms with Crippen molar-refractivity contribution in [3.8, 4) is 0 Å². The molecule has 124 valence electrons. The summed E-state index contributed by atoms with van der Waals surface area (Å²) in [4.78, 5) is 20.8. The number of benzene rings is 1. The van der Waals surface area contributed by atoms with E-state index in [1.807, 2.05) is 29.8 Å². The highest BCUT2D eigenvalue weighted by molar-refractivity contribution is 7.16. The molecule has 1 aliphatic carbocycles. The summed E-state index contributed by atoms with van der Waals surface area (Å²) < 4.78 is 1.11. The Hall–Kier alpha value is -2.21. The molecule has 2 heterocycles. The van der Waals surface area contributed by atoms with Gasteiger partial charge in [-0.25, -0.2) is 9.98 Å². The van der Waals surface area contributed by atoms with Crippen LogP contribution in [0.5, 0.6) is 0 Å². The van der Waals surface area contributed by atoms with Crippen molar-refractivity contribution in [2.24, 2.45) is 10.9 Å². The van der Waals surface area contributed by atoms with Crippen molar-refractivity contribution >= 4 is 39.5 Å². The van der Waals surface area contributed by atoms with Gasteiger partial charge >= 0.3 is 0 Å². The first kappa shape index (κ1) is 15.3. The SMILES string of the molecule is O=C1NC(NCC2CCCCC2)=N/C1=C\c1ccc2ncsc2c1. The Labute approximate surface area is 144 Å². The predicted molar refractivity (Wildman–Crippen MR) is 97.8 cm³/mol. The Balaban J connectivity index is 1.45. The van der Waals surface area contributed by atoms with E-state index in [0.29, 0.717) is 17.6 Å². The first-order chi connectivity index (χ1) is 11.8. The summed E-state index contributed by atoms with van der Waals surface area (Å²) in [6, 6.07) is 5.97. The molecule has 0 unspecified atom stereocenters. The summed E-state index contributed by atoms with van der Waals surface area (Å²) in [5.41, 5.74) is 4.23. The molecule has 24 heavy (non-hydrogen) atoms. The van der Waals surface area contributed by atoms with Gasteiger partial charge in [-0.05, 0) is 42.5 Å². The quantitative estimate of drug-likeness (QED) is 0.843. The fourth-order valence-electron chi connectivity index (χ4n) is 3.30. The number of fused-ring (bicyclic) bond motifs is 1. The van der Waals surface area contributed by atoms with Crippen LogP contribution in [0.25, 0.3) is 16.3 Å². The van der Waals surface area contributed by atoms with Gasteiger partial charge in [-0.15, -0.1) is 11.3 Å². The van der Waals surface area contributed by atoms with Crippen molar-refractivity contribution in [1.29, 1.82) is 0 Å². The molecule has 0 spiro atoms. The minimum absolute atomic E-state index is 0.148. The van der Waals surface area contributed by atoms with Crippen LogP contribution in [0.3, 0.4) is 0 Å². The molecule has 0 bridgehead atoms. The Kier molecular flexibility index (Phi) is 4.30. The zero-order valence-electron chi connectivity index (χ0n) is 13.4. The fourth-order valence-corrected chi connectivity index (χ4v) is 4.03. The normalized spacial score (nSPS) is 20.4. The van der Waals surface area contributed by atoms with E-state index < -0.39 is 0 Å². The molecule has 0 saturated heterocycles. The maximum Gasteiger partial charge on any atom is 0.276 e. The van der Waals surface area contributed by atoms with Crippen molar-refractivity contribution < 1.29 is 4.79 Å². The van der Waals surface area contributed by atoms with Crippen LogP contribution in [0.4, 0.5) is 0 Å². The monoisotopic (exact) mass is 340 g/mol. The minimum atomic E-state index is -0.148. The summed E-state index contributed by atoms with van der Waals surface area (Å²) in [7, 11) is 0. The number of nitrogens with one attached hydrogen (secondary N) is 2. The van der Waals surface area contributed by atoms with Gasteiger partial charge in [-0.3, -0.25) is 10.1 Å². The number of rotatable bonds is 3. The Morgan fingerprint density at radius 3 is 3.04 bits per heavy atom. The standard InChI is InChI=1S/C18H20N4OS/c23-17-15(8-13-6-7-14-16(9-13)24-11-20-14)21-18(22-17)19-10-12-4-2-1-3-5-12/h6-9,11-12H,1-5,10H2,(H2,19,21,22,23)/b15-8-. The maximum absolute atomic E-state index is 12.1. The molecular weight excluding hydrogens is 320 g/mol. The van der Waals surface area contributed by atoms with Gasteiger partial charge in [0, 0.05) is 6.54 Å². The highest BCUT2D eigenvalue weighted by Crippen LogP contribution is 2.23. The van der Waals surface area contributed by atoms with Gasteiger partial charge < -0.3 is 5.32 Å². The number of nitrogens with zero attached hydrogens (tertiary/aromatic N) is 2. The molecular formula is C18H20N4OS. The van der Waals surface area contributed by atoms with Crippen LogP contribution >= 0.6 is 11.3 Å². The zero-order chi connectivity index (χ0) is 16.4. The molecule has 0 radical (unpaired) electrons. The van der Waals surface area contributed by atoms with Gasteiger partial charge in [0.2, 0.25) is 5.96 Å². The Morgan fingerprint density at radius 1 is 1.29 bits per heavy atom. The van der Waals surface area contributed by atoms with E-state index in [2.05, 4.69) is 20.6 Å². The summed E-state index contributed by atoms with van der Waals surface area (Å²) >= 11 is 1.60. The predicted octanol–water partition coefficient (Wildman–Crippen LogP) is 3.29. The van der Waals surface area contributed by atoms with Crippen LogP contribution in [0.2, 0.25) is 0 Å². The highest BCUT2D eigenvalue weighted by atomic mass is 32.1. The van der Waals surface area contributed by atoms with Crippen LogP contribution in [-0.4, -0.2) is 23.4 Å². The van der Waals surface area contributed by atoms with Crippen LogP contribution in [0.1, 0.15) is 37.7 Å². The van der Waals surface area contributed by atoms with Gasteiger partial charge in [0.25, 0.3) is 5.91 Å². The number of carbonyl (C=O) groups is 1. The van der Waals surface area contributed by atoms with E-state index in [0.717, 1.165) is 22.3 Å². The molecule has 1 aromatic heterocycles. The average Bonchev–Trinajstić information content (AvgIpc) is 3.20. The van der Waals surface area contributed by atoms with E-state index in [1.165, 1.54) is 32.1 Å². The molecule has 2 aromatic rings. The number of aliphatic imine (C=N–C) groups is 1. The van der Waals surface area contributed by atoms with Crippen molar-refractivity contribution in [2.75, 3.05) is 6.54 Å². The first-order valence-electron chi connectivity index (χ1n) is 8.47. The summed E-state index contributed by atoms with van der Waals surface area (Å²) in [5.74, 6) is 1.13. The number of thiazole rings is 1. The number of aromatic nitrogens is 1. The zero-order valence-corrected chi connectivity index (χ0v) is 14.2. The third-order valence-electron chi connectivity index (χ3n) is 4.64. The molecule has 1 aliphatic heterocycles. The van der Waals surface area contributed by atoms with Gasteiger partial charge in [0.1, 0.15) is 5.70 Å². The van der Waals surface area contributed by atoms with E-state index in [1.54, 1.807) is 11.3 Å². The topological polar surface area (TPSA) is 66.4 Å². The molecule has 1 fully saturated rings. The van der Waals surface area contributed by atoms with E-state index in [9.17, 15) is 4.79 Å². The van der Waals surface area contributed by atoms with Crippen molar-refractivity contribution in [1.82, 2.24) is 15.6 Å². The fraction of sp³-hybridized carbons (Fsp3) is 0.389. The van der Waals surface area contributed by atoms with Crippen molar-refractivity contribution in [3.63, 3.8) is 0 Å². The van der Waals surface area contributed by atoms with E-state index in [4.69, 9.17) is 0 Å². The second-order valence-electron chi connectivity index (χ2n) is 6.41. The summed E-state index contributed by atoms with van der Waals surface area (Å²) in [5, 5.41) is 6.11. The number of amides is 1. The third kappa shape index (κ3) is 3.33. The number of hydrogen-bond donors (Lipinski definition) is 2. The summed E-state index contributed by atoms with van der Waals surface area (Å²) in [6.45, 7) is 0.888. The van der Waals surface area contributed by atoms with Gasteiger partial charge in [-0.1, -0.05) is 25.3 Å². The Bertz CT molecular complexity index is 817. The number of carbonyl (C=O) groups excluding carboxylic acids is 1. The lowest BCUT2D eigenvalue weighted by Gasteiger charge is -2.21. The molecule has 4 rings (SSSR count). The van der Waals surface area contributed by atoms with Crippen LogP contribution < -0.4 is 10.6 Å². The van der Waals surface area contributed by atoms with E-state index in [-0.39, 0.29) is 5.91 Å². The minimum Gasteiger partial charge on any atom is -0.355 e. The van der Waals surface area contributed by atoms with E-state index >= 15 is 0 Å². The van der Waals surface area contributed by atoms with Gasteiger partial charge in [0.15, 0.2) is 0 Å². The maximum atomic E-state index is 12.1. The van der Waals surface area contributed by atoms with Crippen LogP contribution in [0, 0.1) is 5.92 Å². The van der Waals surface area contributed by atoms with Crippen LogP contribution in [0.15, 0.2) is 34.4 Å². The summed E-state index contributed by atoms with van der Waals surface area (Å²) in [6.07, 6.45) is 8.35. The molecule has 0 atom stereocenters. The van der Waals surface area contributed by atoms with Gasteiger partial charge in [-0.2, -0.15) is 0 Å². The van der Waals surface area contributed by atoms with Gasteiger partial charge in [0.05, 0.1) is 15.7 Å². The lowest BCUT2D eigenvalue weighted by atomic mass is 9.89. The second-order valence-corrected chi connectivity index (χ2v) is 7.29. The second kappa shape index (κ2) is 6.73. The molecule has 5 nitrogen and oxygen atoms in total. The number of guanidine groups is 1. The Morgan fingerprint density at radius 2 is 2.17 bits per heavy atom. The highest BCUT2D eigenvalue weighted by Gasteiger charge is 2.21. The average molecular weight is 340 g/mol. The van der Waals surface area contributed by atoms with Crippen molar-refractivity contribution in [3.05, 3.63) is 35.0 Å². The molecule has 2 aliphatic rings. The molecule has 1 amide bonds. The largest absolute Gasteiger partial charge is 0.355 e. The molecule has 6 heteroatoms. The number of hydrogen-bond acceptors (Lipinski definition) is 5. The molecule has 1 aromatic carbocycles. The lowest BCUT2D eigenvalue weighted by molar-refractivity contribution is -0.115. The molecule has 2 N–H and O–H groups in total. The van der Waals surface area contributed by atoms with Crippen molar-refractivity contribution in [2.45, 2.75) is 32.1 Å². The third-order valence-corrected chi connectivity index (χ3v) is 5.43. The molecule has 1 saturated carbocycles. The lowest BCUT2D eigenvalue weighted by Crippen LogP contribution is -2.39.